The molecule has 31 heavy (non-hydrogen) atoms. The van der Waals surface area contributed by atoms with Crippen molar-refractivity contribution >= 4 is 23.5 Å². The SMILES string of the molecule is CN(C(=O)c1ccccn1)C(Cc1ccccc1)C1CCN(C(=O)c2cnsn2)CC1. The Morgan fingerprint density at radius 3 is 2.48 bits per heavy atom. The number of hydrogen-bond acceptors (Lipinski definition) is 6. The van der Waals surface area contributed by atoms with Crippen molar-refractivity contribution in [1.29, 1.82) is 0 Å². The lowest BCUT2D eigenvalue weighted by Crippen LogP contribution is -2.48. The van der Waals surface area contributed by atoms with Crippen LogP contribution in [-0.2, 0) is 6.42 Å². The lowest BCUT2D eigenvalue weighted by atomic mass is 9.84. The summed E-state index contributed by atoms with van der Waals surface area (Å²) in [6.45, 7) is 1.30. The molecular formula is C23H25N5O2S. The molecule has 7 nitrogen and oxygen atoms in total. The molecule has 0 N–H and O–H groups in total. The average Bonchev–Trinajstić information content (AvgIpc) is 3.38. The van der Waals surface area contributed by atoms with Crippen LogP contribution in [0.4, 0.5) is 0 Å². The summed E-state index contributed by atoms with van der Waals surface area (Å²) in [4.78, 5) is 33.7. The van der Waals surface area contributed by atoms with Crippen molar-refractivity contribution < 1.29 is 9.59 Å². The highest BCUT2D eigenvalue weighted by molar-refractivity contribution is 6.99. The van der Waals surface area contributed by atoms with Crippen LogP contribution in [0.15, 0.2) is 60.9 Å². The van der Waals surface area contributed by atoms with Gasteiger partial charge in [-0.25, -0.2) is 0 Å². The van der Waals surface area contributed by atoms with Gasteiger partial charge in [0, 0.05) is 32.4 Å². The van der Waals surface area contributed by atoms with E-state index in [-0.39, 0.29) is 23.8 Å². The Labute approximate surface area is 186 Å². The molecule has 0 aliphatic carbocycles. The van der Waals surface area contributed by atoms with Gasteiger partial charge >= 0.3 is 0 Å². The minimum atomic E-state index is -0.0754. The molecule has 0 radical (unpaired) electrons. The Hall–Kier alpha value is -3.13. The van der Waals surface area contributed by atoms with Crippen LogP contribution >= 0.6 is 11.7 Å². The average molecular weight is 436 g/mol. The minimum Gasteiger partial charge on any atom is -0.337 e. The zero-order valence-electron chi connectivity index (χ0n) is 17.4. The molecule has 2 aromatic heterocycles. The first-order valence-electron chi connectivity index (χ1n) is 10.4. The Morgan fingerprint density at radius 2 is 1.84 bits per heavy atom. The molecule has 8 heteroatoms. The molecule has 3 heterocycles. The van der Waals surface area contributed by atoms with Crippen LogP contribution in [0.25, 0.3) is 0 Å². The number of carbonyl (C=O) groups is 2. The van der Waals surface area contributed by atoms with Crippen LogP contribution in [0.3, 0.4) is 0 Å². The van der Waals surface area contributed by atoms with Crippen LogP contribution < -0.4 is 0 Å². The molecule has 1 fully saturated rings. The van der Waals surface area contributed by atoms with Gasteiger partial charge in [0.2, 0.25) is 0 Å². The number of amides is 2. The maximum Gasteiger partial charge on any atom is 0.275 e. The van der Waals surface area contributed by atoms with Crippen molar-refractivity contribution in [3.63, 3.8) is 0 Å². The molecule has 4 rings (SSSR count). The van der Waals surface area contributed by atoms with Crippen molar-refractivity contribution in [2.45, 2.75) is 25.3 Å². The molecule has 0 bridgehead atoms. The van der Waals surface area contributed by atoms with Crippen LogP contribution in [0, 0.1) is 5.92 Å². The second kappa shape index (κ2) is 9.78. The number of aromatic nitrogens is 3. The maximum atomic E-state index is 13.1. The van der Waals surface area contributed by atoms with E-state index in [1.54, 1.807) is 12.3 Å². The van der Waals surface area contributed by atoms with E-state index in [0.29, 0.717) is 24.5 Å². The number of nitrogens with zero attached hydrogens (tertiary/aromatic N) is 5. The molecule has 0 saturated carbocycles. The third-order valence-corrected chi connectivity index (χ3v) is 6.42. The van der Waals surface area contributed by atoms with Crippen LogP contribution in [0.5, 0.6) is 0 Å². The summed E-state index contributed by atoms with van der Waals surface area (Å²) in [5, 5.41) is 0. The lowest BCUT2D eigenvalue weighted by Gasteiger charge is -2.40. The van der Waals surface area contributed by atoms with Crippen molar-refractivity contribution in [3.05, 3.63) is 77.9 Å². The summed E-state index contributed by atoms with van der Waals surface area (Å²) in [5.74, 6) is 0.147. The van der Waals surface area contributed by atoms with Gasteiger partial charge in [0.05, 0.1) is 17.9 Å². The van der Waals surface area contributed by atoms with Gasteiger partial charge < -0.3 is 9.80 Å². The Bertz CT molecular complexity index is 989. The highest BCUT2D eigenvalue weighted by atomic mass is 32.1. The summed E-state index contributed by atoms with van der Waals surface area (Å²) in [7, 11) is 1.86. The molecule has 160 valence electrons. The third-order valence-electron chi connectivity index (χ3n) is 5.94. The number of hydrogen-bond donors (Lipinski definition) is 0. The fourth-order valence-corrected chi connectivity index (χ4v) is 4.61. The van der Waals surface area contributed by atoms with E-state index in [9.17, 15) is 9.59 Å². The molecule has 1 atom stereocenters. The van der Waals surface area contributed by atoms with E-state index in [2.05, 4.69) is 25.9 Å². The smallest absolute Gasteiger partial charge is 0.275 e. The number of likely N-dealkylation sites (tertiary alicyclic amines) is 1. The summed E-state index contributed by atoms with van der Waals surface area (Å²) in [6.07, 6.45) is 5.60. The van der Waals surface area contributed by atoms with Crippen molar-refractivity contribution in [3.8, 4) is 0 Å². The monoisotopic (exact) mass is 435 g/mol. The van der Waals surface area contributed by atoms with E-state index >= 15 is 0 Å². The second-order valence-electron chi connectivity index (χ2n) is 7.81. The van der Waals surface area contributed by atoms with Gasteiger partial charge in [0.1, 0.15) is 5.69 Å². The number of benzene rings is 1. The lowest BCUT2D eigenvalue weighted by molar-refractivity contribution is 0.0517. The first kappa shape index (κ1) is 21.1. The number of rotatable bonds is 6. The van der Waals surface area contributed by atoms with Gasteiger partial charge in [-0.2, -0.15) is 8.75 Å². The minimum absolute atomic E-state index is 0.0232. The summed E-state index contributed by atoms with van der Waals surface area (Å²) >= 11 is 1.05. The highest BCUT2D eigenvalue weighted by Crippen LogP contribution is 2.28. The van der Waals surface area contributed by atoms with Crippen molar-refractivity contribution in [2.24, 2.45) is 5.92 Å². The number of carbonyl (C=O) groups excluding carboxylic acids is 2. The first-order valence-corrected chi connectivity index (χ1v) is 11.2. The van der Waals surface area contributed by atoms with Gasteiger partial charge in [0.25, 0.3) is 11.8 Å². The predicted octanol–water partition coefficient (Wildman–Crippen LogP) is 3.17. The quantitative estimate of drug-likeness (QED) is 0.594. The van der Waals surface area contributed by atoms with Gasteiger partial charge in [-0.15, -0.1) is 0 Å². The van der Waals surface area contributed by atoms with Gasteiger partial charge in [-0.1, -0.05) is 36.4 Å². The predicted molar refractivity (Wildman–Crippen MR) is 119 cm³/mol. The molecule has 2 amide bonds. The van der Waals surface area contributed by atoms with E-state index < -0.39 is 0 Å². The van der Waals surface area contributed by atoms with Crippen LogP contribution in [-0.4, -0.2) is 61.5 Å². The molecular weight excluding hydrogens is 410 g/mol. The van der Waals surface area contributed by atoms with E-state index in [4.69, 9.17) is 0 Å². The first-order chi connectivity index (χ1) is 15.1. The normalized spacial score (nSPS) is 15.5. The van der Waals surface area contributed by atoms with Crippen LogP contribution in [0.2, 0.25) is 0 Å². The standard InChI is InChI=1S/C23H25N5O2S/c1-27(22(29)19-9-5-6-12-24-19)21(15-17-7-3-2-4-8-17)18-10-13-28(14-11-18)23(30)20-16-25-31-26-20/h2-9,12,16,18,21H,10-11,13-15H2,1H3. The van der Waals surface area contributed by atoms with Gasteiger partial charge in [0.15, 0.2) is 5.69 Å². The van der Waals surface area contributed by atoms with E-state index in [1.165, 1.54) is 11.8 Å². The van der Waals surface area contributed by atoms with Gasteiger partial charge in [-0.05, 0) is 42.9 Å². The summed E-state index contributed by atoms with van der Waals surface area (Å²) in [6, 6.07) is 15.7. The Kier molecular flexibility index (Phi) is 6.66. The zero-order chi connectivity index (χ0) is 21.6. The van der Waals surface area contributed by atoms with Crippen LogP contribution in [0.1, 0.15) is 39.4 Å². The fraction of sp³-hybridized carbons (Fsp3) is 0.348. The topological polar surface area (TPSA) is 79.3 Å². The van der Waals surface area contributed by atoms with Gasteiger partial charge in [-0.3, -0.25) is 14.6 Å². The van der Waals surface area contributed by atoms with E-state index in [0.717, 1.165) is 31.0 Å². The third kappa shape index (κ3) is 4.96. The Morgan fingerprint density at radius 1 is 1.10 bits per heavy atom. The largest absolute Gasteiger partial charge is 0.337 e. The number of piperidine rings is 1. The van der Waals surface area contributed by atoms with Crippen molar-refractivity contribution in [1.82, 2.24) is 23.5 Å². The highest BCUT2D eigenvalue weighted by Gasteiger charge is 2.33. The second-order valence-corrected chi connectivity index (χ2v) is 8.37. The van der Waals surface area contributed by atoms with Crippen molar-refractivity contribution in [2.75, 3.05) is 20.1 Å². The molecule has 0 spiro atoms. The summed E-state index contributed by atoms with van der Waals surface area (Å²) < 4.78 is 8.00. The molecule has 1 unspecified atom stereocenters. The number of pyridine rings is 1. The molecule has 1 aromatic carbocycles. The van der Waals surface area contributed by atoms with E-state index in [1.807, 2.05) is 47.2 Å². The fourth-order valence-electron chi connectivity index (χ4n) is 4.20. The molecule has 1 saturated heterocycles. The number of likely N-dealkylation sites (N-methyl/N-ethyl adjacent to an activating group) is 1. The summed E-state index contributed by atoms with van der Waals surface area (Å²) in [5.41, 5.74) is 2.05. The zero-order valence-corrected chi connectivity index (χ0v) is 18.2. The molecule has 1 aliphatic heterocycles. The Balaban J connectivity index is 1.49. The molecule has 3 aromatic rings. The molecule has 1 aliphatic rings. The maximum absolute atomic E-state index is 13.1.